The molecule has 0 aliphatic carbocycles. The number of amides is 2. The van der Waals surface area contributed by atoms with Crippen LogP contribution in [0, 0.1) is 11.8 Å². The summed E-state index contributed by atoms with van der Waals surface area (Å²) in [7, 11) is 0. The van der Waals surface area contributed by atoms with E-state index in [0.29, 0.717) is 4.90 Å². The van der Waals surface area contributed by atoms with Gasteiger partial charge in [0, 0.05) is 18.7 Å². The third-order valence-corrected chi connectivity index (χ3v) is 3.68. The van der Waals surface area contributed by atoms with Crippen LogP contribution in [0.3, 0.4) is 0 Å². The third-order valence-electron chi connectivity index (χ3n) is 2.62. The zero-order chi connectivity index (χ0) is 18.1. The Morgan fingerprint density at radius 3 is 2.46 bits per heavy atom. The van der Waals surface area contributed by atoms with Crippen LogP contribution in [0.2, 0.25) is 0 Å². The van der Waals surface area contributed by atoms with Gasteiger partial charge in [0.05, 0.1) is 6.20 Å². The first-order chi connectivity index (χ1) is 11.1. The van der Waals surface area contributed by atoms with Gasteiger partial charge in [0.2, 0.25) is 11.9 Å². The maximum absolute atomic E-state index is 14.2. The average Bonchev–Trinajstić information content (AvgIpc) is 2.78. The van der Waals surface area contributed by atoms with Crippen LogP contribution in [0.1, 0.15) is 27.7 Å². The quantitative estimate of drug-likeness (QED) is 0.820. The molecule has 2 heterocycles. The van der Waals surface area contributed by atoms with Crippen molar-refractivity contribution in [2.24, 2.45) is 0 Å². The van der Waals surface area contributed by atoms with Crippen LogP contribution in [0.4, 0.5) is 18.6 Å². The van der Waals surface area contributed by atoms with E-state index in [1.54, 1.807) is 20.8 Å². The first kappa shape index (κ1) is 17.9. The molecule has 6 nitrogen and oxygen atoms in total. The van der Waals surface area contributed by atoms with Crippen molar-refractivity contribution in [3.8, 4) is 10.6 Å². The number of anilines is 1. The molecule has 2 aromatic rings. The number of aromatic nitrogens is 2. The number of rotatable bonds is 2. The highest BCUT2D eigenvalue weighted by atomic mass is 32.1. The molecule has 0 aliphatic heterocycles. The molecule has 2 rings (SSSR count). The Labute approximate surface area is 141 Å². The summed E-state index contributed by atoms with van der Waals surface area (Å²) in [5.41, 5.74) is -0.626. The molecule has 0 saturated heterocycles. The highest BCUT2D eigenvalue weighted by Crippen LogP contribution is 2.34. The fraction of sp³-hybridized carbons (Fsp3) is 0.333. The fourth-order valence-electron chi connectivity index (χ4n) is 1.75. The Kier molecular flexibility index (Phi) is 4.93. The number of nitrogens with zero attached hydrogens (tertiary/aromatic N) is 3. The minimum atomic E-state index is -1.03. The summed E-state index contributed by atoms with van der Waals surface area (Å²) < 4.78 is 32.5. The van der Waals surface area contributed by atoms with Gasteiger partial charge in [-0.15, -0.1) is 0 Å². The molecule has 0 spiro atoms. The van der Waals surface area contributed by atoms with Crippen molar-refractivity contribution in [3.05, 3.63) is 30.2 Å². The Morgan fingerprint density at radius 1 is 1.25 bits per heavy atom. The second-order valence-corrected chi connectivity index (χ2v) is 6.82. The van der Waals surface area contributed by atoms with Gasteiger partial charge >= 0.3 is 6.09 Å². The van der Waals surface area contributed by atoms with Gasteiger partial charge in [-0.3, -0.25) is 9.78 Å². The fourth-order valence-corrected chi connectivity index (χ4v) is 2.71. The molecule has 0 N–H and O–H groups in total. The summed E-state index contributed by atoms with van der Waals surface area (Å²) >= 11 is 0.724. The lowest BCUT2D eigenvalue weighted by molar-refractivity contribution is -0.116. The molecule has 24 heavy (non-hydrogen) atoms. The topological polar surface area (TPSA) is 72.4 Å². The Morgan fingerprint density at radius 2 is 1.92 bits per heavy atom. The van der Waals surface area contributed by atoms with E-state index in [2.05, 4.69) is 9.97 Å². The summed E-state index contributed by atoms with van der Waals surface area (Å²) in [5.74, 6) is -2.36. The Hall–Kier alpha value is -2.42. The predicted molar refractivity (Wildman–Crippen MR) is 84.7 cm³/mol. The Balaban J connectivity index is 2.42. The monoisotopic (exact) mass is 355 g/mol. The summed E-state index contributed by atoms with van der Waals surface area (Å²) in [6.07, 6.45) is 1.29. The lowest BCUT2D eigenvalue weighted by Crippen LogP contribution is -2.39. The highest BCUT2D eigenvalue weighted by molar-refractivity contribution is 7.19. The molecule has 0 atom stereocenters. The average molecular weight is 355 g/mol. The SMILES string of the molecule is CC(=O)N(C(=O)OC(C)(C)C)c1sc(-c2cncc(F)c2)nc1F. The molecule has 0 radical (unpaired) electrons. The summed E-state index contributed by atoms with van der Waals surface area (Å²) in [4.78, 5) is 31.8. The number of hydrogen-bond donors (Lipinski definition) is 0. The smallest absolute Gasteiger partial charge is 0.422 e. The van der Waals surface area contributed by atoms with Gasteiger partial charge in [-0.05, 0) is 26.8 Å². The number of carbonyl (C=O) groups excluding carboxylic acids is 2. The predicted octanol–water partition coefficient (Wildman–Crippen LogP) is 3.77. The number of carbonyl (C=O) groups is 2. The number of halogens is 2. The van der Waals surface area contributed by atoms with Crippen LogP contribution < -0.4 is 4.90 Å². The minimum absolute atomic E-state index is 0.0873. The van der Waals surface area contributed by atoms with Crippen molar-refractivity contribution >= 4 is 28.3 Å². The standard InChI is InChI=1S/C15H15F2N3O3S/c1-8(21)20(14(22)23-15(2,3)4)13-11(17)19-12(24-13)9-5-10(16)7-18-6-9/h5-7H,1-4H3. The molecule has 0 aromatic carbocycles. The van der Waals surface area contributed by atoms with Crippen LogP contribution in [-0.4, -0.2) is 27.6 Å². The van der Waals surface area contributed by atoms with Gasteiger partial charge in [0.15, 0.2) is 5.00 Å². The van der Waals surface area contributed by atoms with E-state index in [4.69, 9.17) is 4.74 Å². The van der Waals surface area contributed by atoms with Gasteiger partial charge in [0.25, 0.3) is 0 Å². The second-order valence-electron chi connectivity index (χ2n) is 5.84. The van der Waals surface area contributed by atoms with Crippen molar-refractivity contribution in [1.82, 2.24) is 9.97 Å². The number of pyridine rings is 1. The van der Waals surface area contributed by atoms with E-state index in [1.165, 1.54) is 6.20 Å². The van der Waals surface area contributed by atoms with Crippen LogP contribution in [0.25, 0.3) is 10.6 Å². The number of imide groups is 1. The minimum Gasteiger partial charge on any atom is -0.443 e. The first-order valence-electron chi connectivity index (χ1n) is 6.89. The molecule has 0 bridgehead atoms. The second kappa shape index (κ2) is 6.60. The van der Waals surface area contributed by atoms with Crippen molar-refractivity contribution < 1.29 is 23.1 Å². The highest BCUT2D eigenvalue weighted by Gasteiger charge is 2.31. The van der Waals surface area contributed by atoms with E-state index in [1.807, 2.05) is 0 Å². The van der Waals surface area contributed by atoms with Crippen LogP contribution in [0.5, 0.6) is 0 Å². The number of thiazole rings is 1. The molecule has 128 valence electrons. The molecule has 0 fully saturated rings. The lowest BCUT2D eigenvalue weighted by atomic mass is 10.2. The van der Waals surface area contributed by atoms with Crippen molar-refractivity contribution in [2.75, 3.05) is 4.90 Å². The maximum Gasteiger partial charge on any atom is 0.422 e. The normalized spacial score (nSPS) is 11.2. The first-order valence-corrected chi connectivity index (χ1v) is 7.71. The van der Waals surface area contributed by atoms with Crippen LogP contribution in [0.15, 0.2) is 18.5 Å². The molecule has 0 aliphatic rings. The molecule has 9 heteroatoms. The zero-order valence-corrected chi connectivity index (χ0v) is 14.3. The number of hydrogen-bond acceptors (Lipinski definition) is 6. The van der Waals surface area contributed by atoms with Crippen molar-refractivity contribution in [2.45, 2.75) is 33.3 Å². The van der Waals surface area contributed by atoms with Crippen LogP contribution >= 0.6 is 11.3 Å². The van der Waals surface area contributed by atoms with E-state index in [0.717, 1.165) is 30.5 Å². The van der Waals surface area contributed by atoms with Gasteiger partial charge in [0.1, 0.15) is 16.4 Å². The summed E-state index contributed by atoms with van der Waals surface area (Å²) in [5, 5.41) is -0.236. The molecular formula is C15H15F2N3O3S. The maximum atomic E-state index is 14.2. The molecule has 0 unspecified atom stereocenters. The van der Waals surface area contributed by atoms with Crippen molar-refractivity contribution in [3.63, 3.8) is 0 Å². The molecule has 2 aromatic heterocycles. The zero-order valence-electron chi connectivity index (χ0n) is 13.5. The van der Waals surface area contributed by atoms with Gasteiger partial charge < -0.3 is 4.74 Å². The van der Waals surface area contributed by atoms with Gasteiger partial charge in [-0.1, -0.05) is 11.3 Å². The van der Waals surface area contributed by atoms with E-state index < -0.39 is 29.4 Å². The van der Waals surface area contributed by atoms with Crippen molar-refractivity contribution in [1.29, 1.82) is 0 Å². The number of ether oxygens (including phenoxy) is 1. The Bertz CT molecular complexity index is 787. The molecule has 2 amide bonds. The largest absolute Gasteiger partial charge is 0.443 e. The van der Waals surface area contributed by atoms with E-state index in [-0.39, 0.29) is 15.6 Å². The van der Waals surface area contributed by atoms with E-state index >= 15 is 0 Å². The van der Waals surface area contributed by atoms with Gasteiger partial charge in [-0.25, -0.2) is 19.1 Å². The van der Waals surface area contributed by atoms with Gasteiger partial charge in [-0.2, -0.15) is 4.39 Å². The lowest BCUT2D eigenvalue weighted by Gasteiger charge is -2.24. The molecular weight excluding hydrogens is 340 g/mol. The summed E-state index contributed by atoms with van der Waals surface area (Å²) in [6.45, 7) is 5.97. The van der Waals surface area contributed by atoms with E-state index in [9.17, 15) is 18.4 Å². The third kappa shape index (κ3) is 4.10. The summed E-state index contributed by atoms with van der Waals surface area (Å²) in [6, 6.07) is 1.13. The molecule has 0 saturated carbocycles. The van der Waals surface area contributed by atoms with Crippen LogP contribution in [-0.2, 0) is 9.53 Å².